The van der Waals surface area contributed by atoms with Crippen LogP contribution in [0.3, 0.4) is 0 Å². The summed E-state index contributed by atoms with van der Waals surface area (Å²) >= 11 is 0. The van der Waals surface area contributed by atoms with Crippen molar-refractivity contribution in [2.45, 2.75) is 20.3 Å². The molecule has 21 heavy (non-hydrogen) atoms. The summed E-state index contributed by atoms with van der Waals surface area (Å²) in [6, 6.07) is 5.74. The molecule has 1 saturated carbocycles. The summed E-state index contributed by atoms with van der Waals surface area (Å²) in [5.74, 6) is -2.04. The van der Waals surface area contributed by atoms with Crippen LogP contribution in [-0.2, 0) is 9.59 Å². The van der Waals surface area contributed by atoms with Crippen molar-refractivity contribution in [2.24, 2.45) is 23.7 Å². The predicted octanol–water partition coefficient (Wildman–Crippen LogP) is 2.76. The molecule has 4 nitrogen and oxygen atoms in total. The first kappa shape index (κ1) is 13.9. The van der Waals surface area contributed by atoms with Crippen molar-refractivity contribution in [1.29, 1.82) is 0 Å². The highest BCUT2D eigenvalue weighted by Crippen LogP contribution is 2.48. The number of aryl methyl sites for hydroxylation is 2. The smallest absolute Gasteiger partial charge is 0.307 e. The summed E-state index contributed by atoms with van der Waals surface area (Å²) in [6.45, 7) is 4.01. The fourth-order valence-electron chi connectivity index (χ4n) is 3.56. The van der Waals surface area contributed by atoms with Gasteiger partial charge < -0.3 is 10.4 Å². The lowest BCUT2D eigenvalue weighted by Gasteiger charge is -2.24. The van der Waals surface area contributed by atoms with Gasteiger partial charge in [-0.25, -0.2) is 0 Å². The van der Waals surface area contributed by atoms with Crippen LogP contribution in [0.15, 0.2) is 30.4 Å². The molecule has 2 aliphatic carbocycles. The number of carboxylic acids is 1. The van der Waals surface area contributed by atoms with Crippen LogP contribution in [0.4, 0.5) is 5.69 Å². The first-order valence-corrected chi connectivity index (χ1v) is 7.26. The zero-order valence-corrected chi connectivity index (χ0v) is 12.2. The van der Waals surface area contributed by atoms with E-state index in [4.69, 9.17) is 0 Å². The molecule has 0 saturated heterocycles. The van der Waals surface area contributed by atoms with Crippen molar-refractivity contribution in [2.75, 3.05) is 5.32 Å². The number of amides is 1. The minimum absolute atomic E-state index is 0.00278. The average Bonchev–Trinajstić information content (AvgIpc) is 3.03. The van der Waals surface area contributed by atoms with Gasteiger partial charge in [-0.1, -0.05) is 18.2 Å². The third kappa shape index (κ3) is 2.35. The number of carbonyl (C=O) groups excluding carboxylic acids is 1. The van der Waals surface area contributed by atoms with E-state index >= 15 is 0 Å². The highest BCUT2D eigenvalue weighted by molar-refractivity contribution is 5.96. The van der Waals surface area contributed by atoms with Crippen molar-refractivity contribution < 1.29 is 14.7 Å². The molecule has 4 atom stereocenters. The lowest BCUT2D eigenvalue weighted by molar-refractivity contribution is -0.146. The molecule has 2 N–H and O–H groups in total. The third-order valence-electron chi connectivity index (χ3n) is 4.82. The zero-order valence-electron chi connectivity index (χ0n) is 12.2. The highest BCUT2D eigenvalue weighted by Gasteiger charge is 2.51. The second kappa shape index (κ2) is 5.02. The molecule has 1 aromatic rings. The Hall–Kier alpha value is -2.10. The molecule has 2 aliphatic rings. The molecule has 1 amide bonds. The van der Waals surface area contributed by atoms with Gasteiger partial charge in [0.15, 0.2) is 0 Å². The van der Waals surface area contributed by atoms with Gasteiger partial charge in [0.25, 0.3) is 0 Å². The van der Waals surface area contributed by atoms with Gasteiger partial charge in [-0.15, -0.1) is 0 Å². The quantitative estimate of drug-likeness (QED) is 0.839. The maximum absolute atomic E-state index is 12.5. The first-order chi connectivity index (χ1) is 9.97. The van der Waals surface area contributed by atoms with E-state index in [0.29, 0.717) is 0 Å². The number of nitrogens with one attached hydrogen (secondary N) is 1. The van der Waals surface area contributed by atoms with Crippen molar-refractivity contribution in [3.63, 3.8) is 0 Å². The van der Waals surface area contributed by atoms with Crippen molar-refractivity contribution in [3.8, 4) is 0 Å². The Morgan fingerprint density at radius 3 is 2.38 bits per heavy atom. The van der Waals surface area contributed by atoms with Crippen LogP contribution < -0.4 is 5.32 Å². The molecule has 0 radical (unpaired) electrons. The maximum Gasteiger partial charge on any atom is 0.307 e. The van der Waals surface area contributed by atoms with E-state index in [1.54, 1.807) is 0 Å². The van der Waals surface area contributed by atoms with Crippen LogP contribution in [0, 0.1) is 37.5 Å². The van der Waals surface area contributed by atoms with Crippen molar-refractivity contribution in [1.82, 2.24) is 0 Å². The molecule has 2 bridgehead atoms. The Morgan fingerprint density at radius 2 is 1.76 bits per heavy atom. The average molecular weight is 285 g/mol. The van der Waals surface area contributed by atoms with Crippen molar-refractivity contribution >= 4 is 17.6 Å². The summed E-state index contributed by atoms with van der Waals surface area (Å²) in [4.78, 5) is 24.0. The second-order valence-corrected chi connectivity index (χ2v) is 6.13. The highest BCUT2D eigenvalue weighted by atomic mass is 16.4. The molecule has 1 aromatic carbocycles. The van der Waals surface area contributed by atoms with E-state index in [1.807, 2.05) is 44.2 Å². The monoisotopic (exact) mass is 285 g/mol. The molecule has 0 spiro atoms. The number of rotatable bonds is 3. The standard InChI is InChI=1S/C17H19NO3/c1-9-3-6-13(7-10(9)2)18-16(19)14-11-4-5-12(8-11)15(14)17(20)21/h3-7,11-12,14-15H,8H2,1-2H3,(H,18,19)(H,20,21). The van der Waals surface area contributed by atoms with Gasteiger partial charge in [0.1, 0.15) is 0 Å². The number of benzene rings is 1. The molecule has 4 heteroatoms. The molecule has 1 fully saturated rings. The van der Waals surface area contributed by atoms with Gasteiger partial charge in [-0.3, -0.25) is 9.59 Å². The number of carboxylic acid groups (broad SMARTS) is 1. The van der Waals surface area contributed by atoms with Crippen molar-refractivity contribution in [3.05, 3.63) is 41.5 Å². The van der Waals surface area contributed by atoms with Crippen LogP contribution in [0.25, 0.3) is 0 Å². The molecule has 0 aliphatic heterocycles. The SMILES string of the molecule is Cc1ccc(NC(=O)C2C3C=CC(C3)C2C(=O)O)cc1C. The lowest BCUT2D eigenvalue weighted by atomic mass is 9.82. The van der Waals surface area contributed by atoms with Crippen LogP contribution in [0.1, 0.15) is 17.5 Å². The summed E-state index contributed by atoms with van der Waals surface area (Å²) in [6.07, 6.45) is 4.72. The summed E-state index contributed by atoms with van der Waals surface area (Å²) in [5, 5.41) is 12.3. The molecule has 0 aromatic heterocycles. The topological polar surface area (TPSA) is 66.4 Å². The Balaban J connectivity index is 1.80. The minimum atomic E-state index is -0.868. The van der Waals surface area contributed by atoms with E-state index in [0.717, 1.165) is 17.7 Å². The van der Waals surface area contributed by atoms with E-state index in [1.165, 1.54) is 5.56 Å². The zero-order chi connectivity index (χ0) is 15.1. The number of hydrogen-bond acceptors (Lipinski definition) is 2. The molecule has 110 valence electrons. The number of hydrogen-bond donors (Lipinski definition) is 2. The number of aliphatic carboxylic acids is 1. The van der Waals surface area contributed by atoms with Gasteiger partial charge >= 0.3 is 5.97 Å². The van der Waals surface area contributed by atoms with Gasteiger partial charge in [0, 0.05) is 5.69 Å². The van der Waals surface area contributed by atoms with Gasteiger partial charge in [-0.2, -0.15) is 0 Å². The van der Waals surface area contributed by atoms with Crippen LogP contribution in [0.5, 0.6) is 0 Å². The van der Waals surface area contributed by atoms with Crippen LogP contribution >= 0.6 is 0 Å². The summed E-state index contributed by atoms with van der Waals surface area (Å²) in [7, 11) is 0. The Bertz CT molecular complexity index is 635. The first-order valence-electron chi connectivity index (χ1n) is 7.26. The fraction of sp³-hybridized carbons (Fsp3) is 0.412. The molecule has 4 unspecified atom stereocenters. The number of carbonyl (C=O) groups is 2. The number of fused-ring (bicyclic) bond motifs is 2. The van der Waals surface area contributed by atoms with Gasteiger partial charge in [0.05, 0.1) is 11.8 Å². The van der Waals surface area contributed by atoms with Gasteiger partial charge in [-0.05, 0) is 55.4 Å². The van der Waals surface area contributed by atoms with E-state index in [2.05, 4.69) is 5.32 Å². The molecule has 3 rings (SSSR count). The summed E-state index contributed by atoms with van der Waals surface area (Å²) < 4.78 is 0. The third-order valence-corrected chi connectivity index (χ3v) is 4.82. The Morgan fingerprint density at radius 1 is 1.10 bits per heavy atom. The summed E-state index contributed by atoms with van der Waals surface area (Å²) in [5.41, 5.74) is 3.01. The predicted molar refractivity (Wildman–Crippen MR) is 79.9 cm³/mol. The molecule has 0 heterocycles. The van der Waals surface area contributed by atoms with E-state index in [-0.39, 0.29) is 17.7 Å². The van der Waals surface area contributed by atoms with Crippen LogP contribution in [-0.4, -0.2) is 17.0 Å². The molecular formula is C17H19NO3. The fourth-order valence-corrected chi connectivity index (χ4v) is 3.56. The van der Waals surface area contributed by atoms with E-state index in [9.17, 15) is 14.7 Å². The van der Waals surface area contributed by atoms with Crippen LogP contribution in [0.2, 0.25) is 0 Å². The number of anilines is 1. The lowest BCUT2D eigenvalue weighted by Crippen LogP contribution is -2.36. The number of allylic oxidation sites excluding steroid dienone is 2. The maximum atomic E-state index is 12.5. The normalized spacial score (nSPS) is 29.6. The second-order valence-electron chi connectivity index (χ2n) is 6.13. The Kier molecular flexibility index (Phi) is 3.32. The Labute approximate surface area is 123 Å². The van der Waals surface area contributed by atoms with E-state index < -0.39 is 17.8 Å². The molecular weight excluding hydrogens is 266 g/mol. The minimum Gasteiger partial charge on any atom is -0.481 e. The van der Waals surface area contributed by atoms with Gasteiger partial charge in [0.2, 0.25) is 5.91 Å². The largest absolute Gasteiger partial charge is 0.481 e.